The van der Waals surface area contributed by atoms with Gasteiger partial charge in [0.15, 0.2) is 0 Å². The molecule has 0 saturated carbocycles. The molecule has 0 N–H and O–H groups in total. The number of rotatable bonds is 4. The quantitative estimate of drug-likeness (QED) is 0.784. The Morgan fingerprint density at radius 2 is 1.96 bits per heavy atom. The van der Waals surface area contributed by atoms with Crippen molar-refractivity contribution in [3.8, 4) is 0 Å². The first-order chi connectivity index (χ1) is 12.1. The monoisotopic (exact) mass is 344 g/mol. The van der Waals surface area contributed by atoms with E-state index < -0.39 is 0 Å². The van der Waals surface area contributed by atoms with Crippen LogP contribution < -0.4 is 4.90 Å². The van der Waals surface area contributed by atoms with Crippen molar-refractivity contribution in [2.75, 3.05) is 25.1 Å². The van der Waals surface area contributed by atoms with Crippen molar-refractivity contribution in [2.45, 2.75) is 38.1 Å². The van der Waals surface area contributed by atoms with E-state index in [1.807, 2.05) is 30.3 Å². The Balaban J connectivity index is 1.69. The topological polar surface area (TPSA) is 66.9 Å². The molecule has 0 spiro atoms. The molecule has 0 aliphatic carbocycles. The Hall–Kier alpha value is -2.37. The molecule has 1 aromatic carbocycles. The van der Waals surface area contributed by atoms with Crippen molar-refractivity contribution >= 4 is 23.5 Å². The molecule has 2 aliphatic rings. The highest BCUT2D eigenvalue weighted by atomic mass is 16.5. The molecule has 2 aliphatic heterocycles. The molecule has 2 fully saturated rings. The van der Waals surface area contributed by atoms with Crippen LogP contribution in [0.1, 0.15) is 32.1 Å². The number of hydrogen-bond acceptors (Lipinski definition) is 4. The Kier molecular flexibility index (Phi) is 5.36. The molecule has 134 valence electrons. The van der Waals surface area contributed by atoms with Gasteiger partial charge < -0.3 is 14.5 Å². The minimum absolute atomic E-state index is 0.0135. The van der Waals surface area contributed by atoms with Gasteiger partial charge in [0.05, 0.1) is 19.4 Å². The number of hydrogen-bond donors (Lipinski definition) is 0. The zero-order valence-electron chi connectivity index (χ0n) is 14.5. The molecular weight excluding hydrogens is 320 g/mol. The van der Waals surface area contributed by atoms with Crippen molar-refractivity contribution in [1.82, 2.24) is 4.90 Å². The number of anilines is 1. The van der Waals surface area contributed by atoms with E-state index in [9.17, 15) is 14.4 Å². The molecule has 2 heterocycles. The highest BCUT2D eigenvalue weighted by Crippen LogP contribution is 2.29. The van der Waals surface area contributed by atoms with E-state index in [4.69, 9.17) is 4.74 Å². The lowest BCUT2D eigenvalue weighted by Gasteiger charge is -2.36. The van der Waals surface area contributed by atoms with E-state index in [0.29, 0.717) is 13.1 Å². The highest BCUT2D eigenvalue weighted by molar-refractivity contribution is 6.00. The van der Waals surface area contributed by atoms with Gasteiger partial charge in [-0.2, -0.15) is 0 Å². The fraction of sp³-hybridized carbons (Fsp3) is 0.526. The van der Waals surface area contributed by atoms with Crippen LogP contribution in [0.2, 0.25) is 0 Å². The Morgan fingerprint density at radius 1 is 1.20 bits per heavy atom. The summed E-state index contributed by atoms with van der Waals surface area (Å²) in [4.78, 5) is 40.5. The standard InChI is InChI=1S/C19H24N2O4/c1-25-18(23)12-16-9-5-6-10-20(16)19(24)14-11-17(22)21(13-14)15-7-3-2-4-8-15/h2-4,7-8,14,16H,5-6,9-13H2,1H3/t14-,16-/m1/s1. The zero-order valence-corrected chi connectivity index (χ0v) is 14.5. The minimum Gasteiger partial charge on any atom is -0.469 e. The van der Waals surface area contributed by atoms with Crippen molar-refractivity contribution in [3.05, 3.63) is 30.3 Å². The molecule has 0 aromatic heterocycles. The van der Waals surface area contributed by atoms with Crippen molar-refractivity contribution in [1.29, 1.82) is 0 Å². The molecule has 25 heavy (non-hydrogen) atoms. The van der Waals surface area contributed by atoms with E-state index in [0.717, 1.165) is 24.9 Å². The molecule has 2 saturated heterocycles. The van der Waals surface area contributed by atoms with Crippen molar-refractivity contribution in [2.24, 2.45) is 5.92 Å². The van der Waals surface area contributed by atoms with Crippen molar-refractivity contribution in [3.63, 3.8) is 0 Å². The zero-order chi connectivity index (χ0) is 17.8. The number of methoxy groups -OCH3 is 1. The maximum atomic E-state index is 13.0. The van der Waals surface area contributed by atoms with Gasteiger partial charge in [0.1, 0.15) is 0 Å². The third kappa shape index (κ3) is 3.83. The second-order valence-corrected chi connectivity index (χ2v) is 6.70. The van der Waals surface area contributed by atoms with E-state index in [-0.39, 0.29) is 42.6 Å². The summed E-state index contributed by atoms with van der Waals surface area (Å²) in [5.41, 5.74) is 0.826. The molecular formula is C19H24N2O4. The lowest BCUT2D eigenvalue weighted by molar-refractivity contribution is -0.146. The van der Waals surface area contributed by atoms with Crippen LogP contribution in [-0.2, 0) is 19.1 Å². The van der Waals surface area contributed by atoms with E-state index in [1.54, 1.807) is 9.80 Å². The fourth-order valence-electron chi connectivity index (χ4n) is 3.74. The van der Waals surface area contributed by atoms with E-state index in [1.165, 1.54) is 7.11 Å². The maximum Gasteiger partial charge on any atom is 0.307 e. The number of nitrogens with zero attached hydrogens (tertiary/aromatic N) is 2. The van der Waals surface area contributed by atoms with Gasteiger partial charge in [-0.15, -0.1) is 0 Å². The first-order valence-electron chi connectivity index (χ1n) is 8.83. The van der Waals surface area contributed by atoms with Gasteiger partial charge >= 0.3 is 5.97 Å². The van der Waals surface area contributed by atoms with Crippen LogP contribution in [0, 0.1) is 5.92 Å². The summed E-state index contributed by atoms with van der Waals surface area (Å²) in [6.07, 6.45) is 3.21. The smallest absolute Gasteiger partial charge is 0.307 e. The van der Waals surface area contributed by atoms with Gasteiger partial charge in [0.25, 0.3) is 0 Å². The van der Waals surface area contributed by atoms with Crippen LogP contribution in [0.4, 0.5) is 5.69 Å². The molecule has 2 amide bonds. The SMILES string of the molecule is COC(=O)C[C@H]1CCCCN1C(=O)[C@@H]1CC(=O)N(c2ccccc2)C1. The van der Waals surface area contributed by atoms with Gasteiger partial charge in [-0.1, -0.05) is 18.2 Å². The van der Waals surface area contributed by atoms with Crippen LogP contribution in [-0.4, -0.2) is 48.9 Å². The summed E-state index contributed by atoms with van der Waals surface area (Å²) in [5, 5.41) is 0. The maximum absolute atomic E-state index is 13.0. The third-order valence-electron chi connectivity index (χ3n) is 5.08. The summed E-state index contributed by atoms with van der Waals surface area (Å²) >= 11 is 0. The molecule has 6 nitrogen and oxygen atoms in total. The summed E-state index contributed by atoms with van der Waals surface area (Å²) in [5.74, 6) is -0.671. The first-order valence-corrected chi connectivity index (χ1v) is 8.83. The number of amides is 2. The van der Waals surface area contributed by atoms with Crippen LogP contribution >= 0.6 is 0 Å². The molecule has 6 heteroatoms. The normalized spacial score (nSPS) is 23.6. The number of piperidine rings is 1. The second-order valence-electron chi connectivity index (χ2n) is 6.70. The van der Waals surface area contributed by atoms with Gasteiger partial charge in [0.2, 0.25) is 11.8 Å². The average molecular weight is 344 g/mol. The van der Waals surface area contributed by atoms with Crippen LogP contribution in [0.15, 0.2) is 30.3 Å². The molecule has 0 radical (unpaired) electrons. The predicted molar refractivity (Wildman–Crippen MR) is 92.9 cm³/mol. The Morgan fingerprint density at radius 3 is 2.68 bits per heavy atom. The summed E-state index contributed by atoms with van der Waals surface area (Å²) in [6.45, 7) is 1.06. The highest BCUT2D eigenvalue weighted by Gasteiger charge is 2.39. The summed E-state index contributed by atoms with van der Waals surface area (Å²) in [6, 6.07) is 9.31. The number of para-hydroxylation sites is 1. The molecule has 0 bridgehead atoms. The number of esters is 1. The number of likely N-dealkylation sites (tertiary alicyclic amines) is 1. The van der Waals surface area contributed by atoms with E-state index >= 15 is 0 Å². The third-order valence-corrected chi connectivity index (χ3v) is 5.08. The molecule has 2 atom stereocenters. The summed E-state index contributed by atoms with van der Waals surface area (Å²) in [7, 11) is 1.37. The molecule has 0 unspecified atom stereocenters. The second kappa shape index (κ2) is 7.68. The van der Waals surface area contributed by atoms with Gasteiger partial charge in [0, 0.05) is 31.2 Å². The molecule has 1 aromatic rings. The minimum atomic E-state index is -0.342. The lowest BCUT2D eigenvalue weighted by atomic mass is 9.96. The van der Waals surface area contributed by atoms with Crippen LogP contribution in [0.3, 0.4) is 0 Å². The first kappa shape index (κ1) is 17.5. The fourth-order valence-corrected chi connectivity index (χ4v) is 3.74. The largest absolute Gasteiger partial charge is 0.469 e. The number of benzene rings is 1. The number of carbonyl (C=O) groups excluding carboxylic acids is 3. The van der Waals surface area contributed by atoms with Gasteiger partial charge in [-0.25, -0.2) is 0 Å². The predicted octanol–water partition coefficient (Wildman–Crippen LogP) is 1.98. The Labute approximate surface area is 147 Å². The van der Waals surface area contributed by atoms with Crippen LogP contribution in [0.5, 0.6) is 0 Å². The number of carbonyl (C=O) groups is 3. The number of ether oxygens (including phenoxy) is 1. The summed E-state index contributed by atoms with van der Waals surface area (Å²) < 4.78 is 4.76. The lowest BCUT2D eigenvalue weighted by Crippen LogP contribution is -2.47. The molecule has 3 rings (SSSR count). The van der Waals surface area contributed by atoms with E-state index in [2.05, 4.69) is 0 Å². The van der Waals surface area contributed by atoms with Gasteiger partial charge in [-0.3, -0.25) is 14.4 Å². The van der Waals surface area contributed by atoms with Crippen LogP contribution in [0.25, 0.3) is 0 Å². The van der Waals surface area contributed by atoms with Crippen molar-refractivity contribution < 1.29 is 19.1 Å². The van der Waals surface area contributed by atoms with Gasteiger partial charge in [-0.05, 0) is 31.4 Å². The Bertz CT molecular complexity index is 646. The average Bonchev–Trinajstić information content (AvgIpc) is 3.04.